The summed E-state index contributed by atoms with van der Waals surface area (Å²) in [6.45, 7) is 3.16. The van der Waals surface area contributed by atoms with Crippen LogP contribution in [0.4, 0.5) is 0 Å². The van der Waals surface area contributed by atoms with Crippen molar-refractivity contribution in [2.75, 3.05) is 26.2 Å². The fourth-order valence-electron chi connectivity index (χ4n) is 5.16. The molecule has 1 aliphatic carbocycles. The molecule has 26 heavy (non-hydrogen) atoms. The van der Waals surface area contributed by atoms with Crippen LogP contribution < -0.4 is 0 Å². The molecule has 0 aromatic carbocycles. The van der Waals surface area contributed by atoms with Gasteiger partial charge in [0.2, 0.25) is 5.91 Å². The van der Waals surface area contributed by atoms with E-state index >= 15 is 0 Å². The van der Waals surface area contributed by atoms with Crippen LogP contribution >= 0.6 is 11.3 Å². The van der Waals surface area contributed by atoms with Crippen molar-refractivity contribution in [3.05, 3.63) is 22.4 Å². The molecule has 2 amide bonds. The number of carbonyl (C=O) groups excluding carboxylic acids is 2. The number of rotatable bonds is 4. The summed E-state index contributed by atoms with van der Waals surface area (Å²) < 4.78 is 0. The van der Waals surface area contributed by atoms with Crippen molar-refractivity contribution in [1.82, 2.24) is 9.80 Å². The molecule has 0 bridgehead atoms. The summed E-state index contributed by atoms with van der Waals surface area (Å²) in [6, 6.07) is 3.81. The molecule has 4 rings (SSSR count). The van der Waals surface area contributed by atoms with Crippen LogP contribution in [0.15, 0.2) is 17.5 Å². The third-order valence-corrected chi connectivity index (χ3v) is 7.59. The number of hydrogen-bond donors (Lipinski definition) is 0. The van der Waals surface area contributed by atoms with Crippen LogP contribution in [0.2, 0.25) is 0 Å². The van der Waals surface area contributed by atoms with E-state index in [4.69, 9.17) is 0 Å². The van der Waals surface area contributed by atoms with E-state index in [0.29, 0.717) is 12.5 Å². The van der Waals surface area contributed by atoms with Crippen LogP contribution in [-0.2, 0) is 4.79 Å². The average molecular weight is 375 g/mol. The van der Waals surface area contributed by atoms with Gasteiger partial charge in [0.15, 0.2) is 0 Å². The third kappa shape index (κ3) is 3.55. The van der Waals surface area contributed by atoms with E-state index in [1.165, 1.54) is 49.9 Å². The van der Waals surface area contributed by atoms with Gasteiger partial charge in [-0.1, -0.05) is 38.2 Å². The van der Waals surface area contributed by atoms with Gasteiger partial charge in [0.25, 0.3) is 5.91 Å². The number of amides is 2. The highest BCUT2D eigenvalue weighted by molar-refractivity contribution is 7.12. The fourth-order valence-corrected chi connectivity index (χ4v) is 5.85. The van der Waals surface area contributed by atoms with E-state index in [2.05, 4.69) is 4.90 Å². The second-order valence-electron chi connectivity index (χ2n) is 8.42. The summed E-state index contributed by atoms with van der Waals surface area (Å²) in [4.78, 5) is 30.8. The lowest BCUT2D eigenvalue weighted by molar-refractivity contribution is -0.145. The molecule has 1 aromatic heterocycles. The first-order chi connectivity index (χ1) is 12.7. The molecule has 2 aliphatic heterocycles. The van der Waals surface area contributed by atoms with Gasteiger partial charge >= 0.3 is 0 Å². The molecule has 142 valence electrons. The van der Waals surface area contributed by atoms with E-state index in [1.54, 1.807) is 0 Å². The van der Waals surface area contributed by atoms with Gasteiger partial charge in [-0.3, -0.25) is 9.59 Å². The Morgan fingerprint density at radius 1 is 1.15 bits per heavy atom. The largest absolute Gasteiger partial charge is 0.342 e. The second kappa shape index (κ2) is 7.71. The maximum absolute atomic E-state index is 13.3. The van der Waals surface area contributed by atoms with Gasteiger partial charge < -0.3 is 9.80 Å². The Morgan fingerprint density at radius 2 is 2.00 bits per heavy atom. The molecule has 3 fully saturated rings. The molecule has 1 unspecified atom stereocenters. The zero-order chi connectivity index (χ0) is 18.0. The standard InChI is InChI=1S/C21H30N2O2S/c24-19(18-8-4-15-26-18)23-14-11-21(16-23)10-5-12-22(20(21)25)13-9-17-6-2-1-3-7-17/h4,8,15,17H,1-3,5-7,9-14,16H2. The average Bonchev–Trinajstić information content (AvgIpc) is 3.34. The summed E-state index contributed by atoms with van der Waals surface area (Å²) >= 11 is 1.49. The molecule has 0 radical (unpaired) electrons. The predicted molar refractivity (Wildman–Crippen MR) is 104 cm³/mol. The topological polar surface area (TPSA) is 40.6 Å². The van der Waals surface area contributed by atoms with E-state index in [0.717, 1.165) is 49.7 Å². The van der Waals surface area contributed by atoms with Crippen molar-refractivity contribution in [2.45, 2.75) is 57.8 Å². The van der Waals surface area contributed by atoms with Crippen molar-refractivity contribution < 1.29 is 9.59 Å². The second-order valence-corrected chi connectivity index (χ2v) is 9.37. The van der Waals surface area contributed by atoms with E-state index in [9.17, 15) is 9.59 Å². The number of thiophene rings is 1. The Morgan fingerprint density at radius 3 is 2.77 bits per heavy atom. The quantitative estimate of drug-likeness (QED) is 0.793. The number of piperidine rings is 1. The molecule has 3 heterocycles. The Kier molecular flexibility index (Phi) is 5.35. The first-order valence-electron chi connectivity index (χ1n) is 10.3. The highest BCUT2D eigenvalue weighted by Crippen LogP contribution is 2.41. The molecule has 4 nitrogen and oxygen atoms in total. The monoisotopic (exact) mass is 374 g/mol. The molecule has 3 aliphatic rings. The van der Waals surface area contributed by atoms with Gasteiger partial charge in [0, 0.05) is 26.2 Å². The number of hydrogen-bond acceptors (Lipinski definition) is 3. The fraction of sp³-hybridized carbons (Fsp3) is 0.714. The Hall–Kier alpha value is -1.36. The van der Waals surface area contributed by atoms with Crippen LogP contribution in [0.3, 0.4) is 0 Å². The third-order valence-electron chi connectivity index (χ3n) is 6.73. The van der Waals surface area contributed by atoms with Gasteiger partial charge in [0.1, 0.15) is 0 Å². The van der Waals surface area contributed by atoms with E-state index in [1.807, 2.05) is 22.4 Å². The first kappa shape index (κ1) is 18.0. The van der Waals surface area contributed by atoms with Crippen molar-refractivity contribution in [2.24, 2.45) is 11.3 Å². The minimum absolute atomic E-state index is 0.101. The van der Waals surface area contributed by atoms with Gasteiger partial charge in [-0.2, -0.15) is 0 Å². The SMILES string of the molecule is O=C(c1cccs1)N1CCC2(CCCN(CCC3CCCCC3)C2=O)C1. The van der Waals surface area contributed by atoms with Gasteiger partial charge in [-0.05, 0) is 43.0 Å². The maximum Gasteiger partial charge on any atom is 0.263 e. The van der Waals surface area contributed by atoms with Crippen molar-refractivity contribution in [3.8, 4) is 0 Å². The molecule has 2 saturated heterocycles. The Balaban J connectivity index is 1.37. The lowest BCUT2D eigenvalue weighted by Gasteiger charge is -2.40. The molecule has 5 heteroatoms. The molecular formula is C21H30N2O2S. The number of likely N-dealkylation sites (tertiary alicyclic amines) is 2. The minimum atomic E-state index is -0.308. The Bertz CT molecular complexity index is 638. The summed E-state index contributed by atoms with van der Waals surface area (Å²) in [5, 5.41) is 1.94. The molecule has 1 atom stereocenters. The van der Waals surface area contributed by atoms with Crippen LogP contribution in [0.25, 0.3) is 0 Å². The van der Waals surface area contributed by atoms with Gasteiger partial charge in [0.05, 0.1) is 10.3 Å². The first-order valence-corrected chi connectivity index (χ1v) is 11.2. The summed E-state index contributed by atoms with van der Waals surface area (Å²) in [6.07, 6.45) is 10.8. The molecule has 1 aromatic rings. The molecule has 0 N–H and O–H groups in total. The van der Waals surface area contributed by atoms with Crippen LogP contribution in [0.5, 0.6) is 0 Å². The van der Waals surface area contributed by atoms with E-state index in [-0.39, 0.29) is 11.3 Å². The summed E-state index contributed by atoms with van der Waals surface area (Å²) in [5.74, 6) is 1.24. The van der Waals surface area contributed by atoms with Crippen molar-refractivity contribution in [1.29, 1.82) is 0 Å². The van der Waals surface area contributed by atoms with Crippen molar-refractivity contribution in [3.63, 3.8) is 0 Å². The molecule has 1 spiro atoms. The summed E-state index contributed by atoms with van der Waals surface area (Å²) in [7, 11) is 0. The normalized spacial score (nSPS) is 27.5. The Labute approximate surface area is 160 Å². The zero-order valence-corrected chi connectivity index (χ0v) is 16.4. The van der Waals surface area contributed by atoms with Crippen LogP contribution in [-0.4, -0.2) is 47.8 Å². The smallest absolute Gasteiger partial charge is 0.263 e. The molecular weight excluding hydrogens is 344 g/mol. The minimum Gasteiger partial charge on any atom is -0.342 e. The maximum atomic E-state index is 13.3. The van der Waals surface area contributed by atoms with E-state index < -0.39 is 0 Å². The van der Waals surface area contributed by atoms with Gasteiger partial charge in [-0.25, -0.2) is 0 Å². The summed E-state index contributed by atoms with van der Waals surface area (Å²) in [5.41, 5.74) is -0.308. The highest BCUT2D eigenvalue weighted by Gasteiger charge is 2.49. The number of carbonyl (C=O) groups is 2. The zero-order valence-electron chi connectivity index (χ0n) is 15.6. The lowest BCUT2D eigenvalue weighted by Crippen LogP contribution is -2.50. The predicted octanol–water partition coefficient (Wildman–Crippen LogP) is 4.17. The van der Waals surface area contributed by atoms with Gasteiger partial charge in [-0.15, -0.1) is 11.3 Å². The lowest BCUT2D eigenvalue weighted by atomic mass is 9.78. The number of nitrogens with zero attached hydrogens (tertiary/aromatic N) is 2. The van der Waals surface area contributed by atoms with Crippen molar-refractivity contribution >= 4 is 23.2 Å². The van der Waals surface area contributed by atoms with Crippen LogP contribution in [0.1, 0.15) is 67.5 Å². The highest BCUT2D eigenvalue weighted by atomic mass is 32.1. The molecule has 1 saturated carbocycles. The van der Waals surface area contributed by atoms with Crippen LogP contribution in [0, 0.1) is 11.3 Å².